The van der Waals surface area contributed by atoms with Gasteiger partial charge < -0.3 is 15.6 Å². The Morgan fingerprint density at radius 1 is 1.33 bits per heavy atom. The van der Waals surface area contributed by atoms with Crippen molar-refractivity contribution < 1.29 is 14.6 Å². The van der Waals surface area contributed by atoms with Crippen LogP contribution in [0.3, 0.4) is 0 Å². The first-order chi connectivity index (χ1) is 8.40. The van der Waals surface area contributed by atoms with Crippen LogP contribution in [0.25, 0.3) is 0 Å². The highest BCUT2D eigenvalue weighted by molar-refractivity contribution is 5.77. The zero-order valence-corrected chi connectivity index (χ0v) is 12.1. The van der Waals surface area contributed by atoms with Crippen LogP contribution >= 0.6 is 0 Å². The summed E-state index contributed by atoms with van der Waals surface area (Å²) in [5, 5.41) is 8.85. The minimum absolute atomic E-state index is 0.260. The molecule has 108 valence electrons. The normalized spacial score (nSPS) is 16.2. The largest absolute Gasteiger partial charge is 0.480 e. The van der Waals surface area contributed by atoms with Crippen molar-refractivity contribution in [3.63, 3.8) is 0 Å². The highest BCUT2D eigenvalue weighted by atomic mass is 16.5. The van der Waals surface area contributed by atoms with Gasteiger partial charge in [0.2, 0.25) is 0 Å². The van der Waals surface area contributed by atoms with Gasteiger partial charge in [-0.05, 0) is 33.1 Å². The van der Waals surface area contributed by atoms with E-state index in [1.807, 2.05) is 0 Å². The van der Waals surface area contributed by atoms with Gasteiger partial charge in [-0.1, -0.05) is 32.6 Å². The number of nitrogens with two attached hydrogens (primary N) is 1. The van der Waals surface area contributed by atoms with E-state index in [4.69, 9.17) is 15.6 Å². The van der Waals surface area contributed by atoms with Crippen LogP contribution in [0.5, 0.6) is 0 Å². The van der Waals surface area contributed by atoms with E-state index in [-0.39, 0.29) is 6.10 Å². The van der Waals surface area contributed by atoms with Crippen molar-refractivity contribution in [2.24, 2.45) is 5.73 Å². The van der Waals surface area contributed by atoms with E-state index in [0.29, 0.717) is 19.4 Å². The summed E-state index contributed by atoms with van der Waals surface area (Å²) in [5.41, 5.74) is 4.50. The van der Waals surface area contributed by atoms with E-state index in [1.54, 1.807) is 6.92 Å². The SMILES string of the molecule is CCCCCCC(C)OCCCC(C)(N)C(=O)O. The number of aliphatic carboxylic acids is 1. The van der Waals surface area contributed by atoms with Gasteiger partial charge in [0.1, 0.15) is 5.54 Å². The lowest BCUT2D eigenvalue weighted by Crippen LogP contribution is -2.44. The van der Waals surface area contributed by atoms with Crippen LogP contribution in [0.2, 0.25) is 0 Å². The summed E-state index contributed by atoms with van der Waals surface area (Å²) in [4.78, 5) is 10.8. The predicted octanol–water partition coefficient (Wildman–Crippen LogP) is 2.94. The lowest BCUT2D eigenvalue weighted by molar-refractivity contribution is -0.143. The van der Waals surface area contributed by atoms with E-state index < -0.39 is 11.5 Å². The highest BCUT2D eigenvalue weighted by Crippen LogP contribution is 2.11. The second kappa shape index (κ2) is 9.34. The first kappa shape index (κ1) is 17.4. The van der Waals surface area contributed by atoms with Crippen LogP contribution in [0.4, 0.5) is 0 Å². The Balaban J connectivity index is 3.51. The average Bonchev–Trinajstić information content (AvgIpc) is 2.30. The molecule has 0 spiro atoms. The molecular formula is C14H29NO3. The van der Waals surface area contributed by atoms with Crippen molar-refractivity contribution in [1.82, 2.24) is 0 Å². The maximum atomic E-state index is 10.8. The number of hydrogen-bond donors (Lipinski definition) is 2. The van der Waals surface area contributed by atoms with Crippen molar-refractivity contribution in [3.8, 4) is 0 Å². The summed E-state index contributed by atoms with van der Waals surface area (Å²) >= 11 is 0. The Hall–Kier alpha value is -0.610. The molecule has 0 radical (unpaired) electrons. The molecule has 2 atom stereocenters. The molecule has 0 amide bonds. The second-order valence-electron chi connectivity index (χ2n) is 5.36. The lowest BCUT2D eigenvalue weighted by Gasteiger charge is -2.19. The second-order valence-corrected chi connectivity index (χ2v) is 5.36. The van der Waals surface area contributed by atoms with Crippen molar-refractivity contribution in [2.75, 3.05) is 6.61 Å². The minimum atomic E-state index is -1.13. The number of unbranched alkanes of at least 4 members (excludes halogenated alkanes) is 3. The molecule has 0 aromatic carbocycles. The van der Waals surface area contributed by atoms with E-state index in [0.717, 1.165) is 6.42 Å². The summed E-state index contributed by atoms with van der Waals surface area (Å²) in [5.74, 6) is -0.949. The van der Waals surface area contributed by atoms with Gasteiger partial charge in [-0.15, -0.1) is 0 Å². The standard InChI is InChI=1S/C14H29NO3/c1-4-5-6-7-9-12(2)18-11-8-10-14(3,15)13(16)17/h12H,4-11,15H2,1-3H3,(H,16,17). The van der Waals surface area contributed by atoms with Gasteiger partial charge in [0.25, 0.3) is 0 Å². The summed E-state index contributed by atoms with van der Waals surface area (Å²) in [7, 11) is 0. The van der Waals surface area contributed by atoms with E-state index in [2.05, 4.69) is 13.8 Å². The summed E-state index contributed by atoms with van der Waals surface area (Å²) in [6.45, 7) is 6.41. The summed E-state index contributed by atoms with van der Waals surface area (Å²) in [6, 6.07) is 0. The molecule has 0 heterocycles. The first-order valence-electron chi connectivity index (χ1n) is 7.04. The van der Waals surface area contributed by atoms with Crippen molar-refractivity contribution in [3.05, 3.63) is 0 Å². The quantitative estimate of drug-likeness (QED) is 0.560. The minimum Gasteiger partial charge on any atom is -0.480 e. The molecule has 4 nitrogen and oxygen atoms in total. The fourth-order valence-electron chi connectivity index (χ4n) is 1.77. The van der Waals surface area contributed by atoms with Crippen molar-refractivity contribution in [1.29, 1.82) is 0 Å². The third kappa shape index (κ3) is 8.48. The van der Waals surface area contributed by atoms with Crippen LogP contribution in [-0.2, 0) is 9.53 Å². The van der Waals surface area contributed by atoms with Crippen molar-refractivity contribution >= 4 is 5.97 Å². The predicted molar refractivity (Wildman–Crippen MR) is 73.6 cm³/mol. The molecule has 0 aromatic heterocycles. The highest BCUT2D eigenvalue weighted by Gasteiger charge is 2.26. The molecule has 0 saturated carbocycles. The number of ether oxygens (including phenoxy) is 1. The monoisotopic (exact) mass is 259 g/mol. The number of carboxylic acid groups (broad SMARTS) is 1. The maximum Gasteiger partial charge on any atom is 0.323 e. The lowest BCUT2D eigenvalue weighted by atomic mass is 9.98. The Morgan fingerprint density at radius 2 is 2.00 bits per heavy atom. The van der Waals surface area contributed by atoms with Gasteiger partial charge in [0, 0.05) is 6.61 Å². The van der Waals surface area contributed by atoms with Crippen LogP contribution in [0.15, 0.2) is 0 Å². The van der Waals surface area contributed by atoms with Crippen molar-refractivity contribution in [2.45, 2.75) is 77.4 Å². The Bertz CT molecular complexity index is 229. The molecule has 2 unspecified atom stereocenters. The maximum absolute atomic E-state index is 10.8. The van der Waals surface area contributed by atoms with Crippen LogP contribution in [0.1, 0.15) is 65.7 Å². The van der Waals surface area contributed by atoms with E-state index >= 15 is 0 Å². The third-order valence-corrected chi connectivity index (χ3v) is 3.20. The number of hydrogen-bond acceptors (Lipinski definition) is 3. The molecule has 4 heteroatoms. The number of carboxylic acids is 1. The topological polar surface area (TPSA) is 72.5 Å². The summed E-state index contributed by atoms with van der Waals surface area (Å²) in [6.07, 6.45) is 7.50. The van der Waals surface area contributed by atoms with Gasteiger partial charge in [-0.3, -0.25) is 4.79 Å². The van der Waals surface area contributed by atoms with Gasteiger partial charge in [-0.25, -0.2) is 0 Å². The molecular weight excluding hydrogens is 230 g/mol. The van der Waals surface area contributed by atoms with E-state index in [1.165, 1.54) is 25.7 Å². The molecule has 0 aromatic rings. The molecule has 0 bridgehead atoms. The van der Waals surface area contributed by atoms with Crippen LogP contribution in [-0.4, -0.2) is 29.3 Å². The van der Waals surface area contributed by atoms with Crippen LogP contribution in [0, 0.1) is 0 Å². The molecule has 3 N–H and O–H groups in total. The number of rotatable bonds is 11. The third-order valence-electron chi connectivity index (χ3n) is 3.20. The van der Waals surface area contributed by atoms with E-state index in [9.17, 15) is 4.79 Å². The van der Waals surface area contributed by atoms with Gasteiger partial charge in [-0.2, -0.15) is 0 Å². The fraction of sp³-hybridized carbons (Fsp3) is 0.929. The first-order valence-corrected chi connectivity index (χ1v) is 7.04. The smallest absolute Gasteiger partial charge is 0.323 e. The molecule has 0 rings (SSSR count). The molecule has 0 aliphatic carbocycles. The molecule has 0 aliphatic rings. The Morgan fingerprint density at radius 3 is 2.56 bits per heavy atom. The van der Waals surface area contributed by atoms with Gasteiger partial charge >= 0.3 is 5.97 Å². The fourth-order valence-corrected chi connectivity index (χ4v) is 1.77. The Labute approximate surface area is 111 Å². The zero-order valence-electron chi connectivity index (χ0n) is 12.1. The average molecular weight is 259 g/mol. The zero-order chi connectivity index (χ0) is 14.0. The Kier molecular flexibility index (Phi) is 9.02. The molecule has 0 fully saturated rings. The molecule has 0 aliphatic heterocycles. The van der Waals surface area contributed by atoms with Gasteiger partial charge in [0.05, 0.1) is 6.10 Å². The summed E-state index contributed by atoms with van der Waals surface area (Å²) < 4.78 is 5.65. The molecule has 18 heavy (non-hydrogen) atoms. The number of carbonyl (C=O) groups is 1. The molecule has 0 saturated heterocycles. The van der Waals surface area contributed by atoms with Crippen LogP contribution < -0.4 is 5.73 Å². The van der Waals surface area contributed by atoms with Gasteiger partial charge in [0.15, 0.2) is 0 Å².